The van der Waals surface area contributed by atoms with Crippen molar-refractivity contribution in [2.45, 2.75) is 25.4 Å². The molecule has 0 aliphatic carbocycles. The van der Waals surface area contributed by atoms with E-state index in [1.54, 1.807) is 7.11 Å². The van der Waals surface area contributed by atoms with E-state index in [4.69, 9.17) is 16.3 Å². The molecule has 1 fully saturated rings. The first-order chi connectivity index (χ1) is 6.27. The summed E-state index contributed by atoms with van der Waals surface area (Å²) in [6.45, 7) is 1.63. The van der Waals surface area contributed by atoms with Gasteiger partial charge in [-0.15, -0.1) is 11.6 Å². The lowest BCUT2D eigenvalue weighted by Crippen LogP contribution is -2.40. The molecule has 0 bridgehead atoms. The number of hydrogen-bond donors (Lipinski definition) is 0. The lowest BCUT2D eigenvalue weighted by atomic mass is 10.1. The van der Waals surface area contributed by atoms with Crippen molar-refractivity contribution in [1.29, 1.82) is 0 Å². The third-order valence-corrected chi connectivity index (χ3v) is 2.63. The second-order valence-electron chi connectivity index (χ2n) is 3.25. The van der Waals surface area contributed by atoms with Crippen LogP contribution in [0.2, 0.25) is 0 Å². The maximum absolute atomic E-state index is 11.4. The number of amides is 1. The third-order valence-electron chi connectivity index (χ3n) is 2.44. The molecule has 4 heteroatoms. The second kappa shape index (κ2) is 5.45. The topological polar surface area (TPSA) is 29.5 Å². The van der Waals surface area contributed by atoms with Gasteiger partial charge in [-0.3, -0.25) is 4.79 Å². The average Bonchev–Trinajstić information content (AvgIpc) is 2.18. The minimum Gasteiger partial charge on any atom is -0.381 e. The summed E-state index contributed by atoms with van der Waals surface area (Å²) in [5, 5.41) is 0. The van der Waals surface area contributed by atoms with Gasteiger partial charge < -0.3 is 9.64 Å². The zero-order valence-corrected chi connectivity index (χ0v) is 8.72. The van der Waals surface area contributed by atoms with E-state index in [-0.39, 0.29) is 5.91 Å². The van der Waals surface area contributed by atoms with Crippen molar-refractivity contribution in [1.82, 2.24) is 4.90 Å². The van der Waals surface area contributed by atoms with Crippen LogP contribution in [0.1, 0.15) is 19.3 Å². The van der Waals surface area contributed by atoms with Gasteiger partial charge in [0.1, 0.15) is 0 Å². The first kappa shape index (κ1) is 10.8. The van der Waals surface area contributed by atoms with Crippen LogP contribution < -0.4 is 0 Å². The van der Waals surface area contributed by atoms with Crippen molar-refractivity contribution in [3.8, 4) is 0 Å². The highest BCUT2D eigenvalue weighted by atomic mass is 35.5. The van der Waals surface area contributed by atoms with E-state index in [0.29, 0.717) is 18.4 Å². The van der Waals surface area contributed by atoms with E-state index < -0.39 is 0 Å². The Balaban J connectivity index is 2.28. The number of methoxy groups -OCH3 is 1. The third kappa shape index (κ3) is 3.16. The Hall–Kier alpha value is -0.280. The molecule has 0 aromatic heterocycles. The van der Waals surface area contributed by atoms with Crippen molar-refractivity contribution in [2.75, 3.05) is 26.1 Å². The second-order valence-corrected chi connectivity index (χ2v) is 3.63. The predicted molar refractivity (Wildman–Crippen MR) is 51.9 cm³/mol. The largest absolute Gasteiger partial charge is 0.381 e. The van der Waals surface area contributed by atoms with Crippen molar-refractivity contribution in [3.05, 3.63) is 0 Å². The van der Waals surface area contributed by atoms with Gasteiger partial charge in [0, 0.05) is 32.5 Å². The number of ether oxygens (including phenoxy) is 1. The summed E-state index contributed by atoms with van der Waals surface area (Å²) in [7, 11) is 1.72. The Morgan fingerprint density at radius 3 is 2.62 bits per heavy atom. The van der Waals surface area contributed by atoms with Crippen molar-refractivity contribution in [2.24, 2.45) is 0 Å². The Morgan fingerprint density at radius 2 is 2.15 bits per heavy atom. The molecule has 1 heterocycles. The van der Waals surface area contributed by atoms with Gasteiger partial charge in [-0.1, -0.05) is 0 Å². The fraction of sp³-hybridized carbons (Fsp3) is 0.889. The van der Waals surface area contributed by atoms with Crippen LogP contribution >= 0.6 is 11.6 Å². The van der Waals surface area contributed by atoms with Gasteiger partial charge in [-0.05, 0) is 12.8 Å². The predicted octanol–water partition coefficient (Wildman–Crippen LogP) is 1.25. The first-order valence-corrected chi connectivity index (χ1v) is 5.18. The van der Waals surface area contributed by atoms with E-state index in [0.717, 1.165) is 25.9 Å². The number of halogens is 1. The van der Waals surface area contributed by atoms with Crippen LogP contribution in [0.3, 0.4) is 0 Å². The molecule has 13 heavy (non-hydrogen) atoms. The monoisotopic (exact) mass is 205 g/mol. The Labute approximate surface area is 84.0 Å². The highest BCUT2D eigenvalue weighted by Gasteiger charge is 2.21. The smallest absolute Gasteiger partial charge is 0.223 e. The maximum atomic E-state index is 11.4. The standard InChI is InChI=1S/C9H16ClNO2/c1-13-8-3-6-11(7-4-8)9(12)2-5-10/h8H,2-7H2,1H3. The molecule has 1 aliphatic heterocycles. The summed E-state index contributed by atoms with van der Waals surface area (Å²) < 4.78 is 5.22. The van der Waals surface area contributed by atoms with Crippen LogP contribution in [0.15, 0.2) is 0 Å². The molecule has 1 aliphatic rings. The molecule has 0 atom stereocenters. The average molecular weight is 206 g/mol. The Morgan fingerprint density at radius 1 is 1.54 bits per heavy atom. The number of piperidine rings is 1. The van der Waals surface area contributed by atoms with Crippen molar-refractivity contribution >= 4 is 17.5 Å². The maximum Gasteiger partial charge on any atom is 0.223 e. The van der Waals surface area contributed by atoms with E-state index in [9.17, 15) is 4.79 Å². The van der Waals surface area contributed by atoms with Gasteiger partial charge in [0.2, 0.25) is 5.91 Å². The molecule has 76 valence electrons. The number of nitrogens with zero attached hydrogens (tertiary/aromatic N) is 1. The molecule has 0 N–H and O–H groups in total. The molecule has 0 spiro atoms. The number of rotatable bonds is 3. The van der Waals surface area contributed by atoms with Gasteiger partial charge in [-0.25, -0.2) is 0 Å². The molecule has 0 radical (unpaired) electrons. The molecular weight excluding hydrogens is 190 g/mol. The van der Waals surface area contributed by atoms with Crippen LogP contribution in [-0.4, -0.2) is 43.0 Å². The minimum absolute atomic E-state index is 0.171. The number of carbonyl (C=O) groups is 1. The summed E-state index contributed by atoms with van der Waals surface area (Å²) >= 11 is 5.50. The summed E-state index contributed by atoms with van der Waals surface area (Å²) in [5.41, 5.74) is 0. The van der Waals surface area contributed by atoms with E-state index in [1.165, 1.54) is 0 Å². The number of likely N-dealkylation sites (tertiary alicyclic amines) is 1. The zero-order chi connectivity index (χ0) is 9.68. The quantitative estimate of drug-likeness (QED) is 0.650. The molecule has 0 aromatic carbocycles. The molecule has 1 amide bonds. The molecule has 1 saturated heterocycles. The van der Waals surface area contributed by atoms with Gasteiger partial charge in [0.25, 0.3) is 0 Å². The van der Waals surface area contributed by atoms with Crippen molar-refractivity contribution < 1.29 is 9.53 Å². The molecular formula is C9H16ClNO2. The molecule has 3 nitrogen and oxygen atoms in total. The van der Waals surface area contributed by atoms with E-state index in [2.05, 4.69) is 0 Å². The fourth-order valence-corrected chi connectivity index (χ4v) is 1.74. The molecule has 0 aromatic rings. The number of carbonyl (C=O) groups excluding carboxylic acids is 1. The highest BCUT2D eigenvalue weighted by Crippen LogP contribution is 2.13. The highest BCUT2D eigenvalue weighted by molar-refractivity contribution is 6.18. The molecule has 0 saturated carbocycles. The molecule has 0 unspecified atom stereocenters. The Bertz CT molecular complexity index is 167. The number of alkyl halides is 1. The van der Waals surface area contributed by atoms with Gasteiger partial charge in [0.15, 0.2) is 0 Å². The SMILES string of the molecule is COC1CCN(C(=O)CCCl)CC1. The van der Waals surface area contributed by atoms with Crippen LogP contribution in [0.5, 0.6) is 0 Å². The van der Waals surface area contributed by atoms with E-state index >= 15 is 0 Å². The van der Waals surface area contributed by atoms with E-state index in [1.807, 2.05) is 4.90 Å². The number of hydrogen-bond acceptors (Lipinski definition) is 2. The van der Waals surface area contributed by atoms with Crippen LogP contribution in [0.4, 0.5) is 0 Å². The lowest BCUT2D eigenvalue weighted by Gasteiger charge is -2.31. The minimum atomic E-state index is 0.171. The van der Waals surface area contributed by atoms with Gasteiger partial charge in [0.05, 0.1) is 6.10 Å². The fourth-order valence-electron chi connectivity index (χ4n) is 1.58. The molecule has 1 rings (SSSR count). The van der Waals surface area contributed by atoms with Gasteiger partial charge >= 0.3 is 0 Å². The van der Waals surface area contributed by atoms with Crippen LogP contribution in [-0.2, 0) is 9.53 Å². The normalized spacial score (nSPS) is 19.1. The van der Waals surface area contributed by atoms with Gasteiger partial charge in [-0.2, -0.15) is 0 Å². The lowest BCUT2D eigenvalue weighted by molar-refractivity contribution is -0.133. The zero-order valence-electron chi connectivity index (χ0n) is 7.96. The van der Waals surface area contributed by atoms with Crippen molar-refractivity contribution in [3.63, 3.8) is 0 Å². The van der Waals surface area contributed by atoms with Crippen LogP contribution in [0, 0.1) is 0 Å². The first-order valence-electron chi connectivity index (χ1n) is 4.64. The summed E-state index contributed by atoms with van der Waals surface area (Å²) in [4.78, 5) is 13.3. The Kier molecular flexibility index (Phi) is 4.53. The summed E-state index contributed by atoms with van der Waals surface area (Å²) in [6.07, 6.45) is 2.69. The summed E-state index contributed by atoms with van der Waals surface area (Å²) in [5.74, 6) is 0.591. The van der Waals surface area contributed by atoms with Crippen LogP contribution in [0.25, 0.3) is 0 Å². The summed E-state index contributed by atoms with van der Waals surface area (Å²) in [6, 6.07) is 0.